The normalized spacial score (nSPS) is 10.4. The summed E-state index contributed by atoms with van der Waals surface area (Å²) in [5.41, 5.74) is 0.613. The van der Waals surface area contributed by atoms with E-state index in [1.807, 2.05) is 12.1 Å². The van der Waals surface area contributed by atoms with Gasteiger partial charge in [0.05, 0.1) is 19.0 Å². The highest BCUT2D eigenvalue weighted by Crippen LogP contribution is 2.17. The fraction of sp³-hybridized carbons (Fsp3) is 0.333. The van der Waals surface area contributed by atoms with Gasteiger partial charge in [-0.15, -0.1) is 0 Å². The molecule has 0 fully saturated rings. The molecule has 1 rings (SSSR count). The van der Waals surface area contributed by atoms with E-state index < -0.39 is 6.09 Å². The standard InChI is InChI=1S/C15H18BrNO4/c1-20-15(19)17-12-6-5-8-14(10-12)21-9-4-2-3-7-13(18)11-16/h3,5-8,10H,2,4,9,11H2,1H3,(H,17,19)/b7-3+. The molecule has 0 saturated heterocycles. The topological polar surface area (TPSA) is 64.6 Å². The van der Waals surface area contributed by atoms with Crippen LogP contribution in [-0.4, -0.2) is 30.9 Å². The minimum absolute atomic E-state index is 0.0532. The fourth-order valence-corrected chi connectivity index (χ4v) is 1.67. The van der Waals surface area contributed by atoms with Crippen LogP contribution in [0.5, 0.6) is 5.75 Å². The Morgan fingerprint density at radius 3 is 2.90 bits per heavy atom. The van der Waals surface area contributed by atoms with Crippen LogP contribution in [0.4, 0.5) is 10.5 Å². The van der Waals surface area contributed by atoms with Crippen LogP contribution >= 0.6 is 15.9 Å². The number of benzene rings is 1. The monoisotopic (exact) mass is 355 g/mol. The number of allylic oxidation sites excluding steroid dienone is 2. The first-order valence-corrected chi connectivity index (χ1v) is 7.61. The first-order valence-electron chi connectivity index (χ1n) is 6.49. The van der Waals surface area contributed by atoms with Crippen molar-refractivity contribution in [2.24, 2.45) is 0 Å². The van der Waals surface area contributed by atoms with Gasteiger partial charge in [0, 0.05) is 11.8 Å². The lowest BCUT2D eigenvalue weighted by Gasteiger charge is -2.08. The second kappa shape index (κ2) is 9.99. The van der Waals surface area contributed by atoms with E-state index >= 15 is 0 Å². The first-order chi connectivity index (χ1) is 10.2. The molecule has 0 heterocycles. The Morgan fingerprint density at radius 1 is 1.38 bits per heavy atom. The highest BCUT2D eigenvalue weighted by Gasteiger charge is 2.01. The maximum Gasteiger partial charge on any atom is 0.411 e. The molecule has 0 bridgehead atoms. The van der Waals surface area contributed by atoms with Gasteiger partial charge in [-0.1, -0.05) is 28.1 Å². The summed E-state index contributed by atoms with van der Waals surface area (Å²) in [7, 11) is 1.31. The van der Waals surface area contributed by atoms with Crippen LogP contribution in [0.25, 0.3) is 0 Å². The number of hydrogen-bond acceptors (Lipinski definition) is 4. The summed E-state index contributed by atoms with van der Waals surface area (Å²) in [5, 5.41) is 2.91. The number of alkyl halides is 1. The Bertz CT molecular complexity index is 502. The van der Waals surface area contributed by atoms with Crippen molar-refractivity contribution in [3.8, 4) is 5.75 Å². The summed E-state index contributed by atoms with van der Waals surface area (Å²) in [4.78, 5) is 22.1. The molecule has 1 aromatic rings. The number of nitrogens with one attached hydrogen (secondary N) is 1. The van der Waals surface area contributed by atoms with Crippen molar-refractivity contribution in [3.05, 3.63) is 36.4 Å². The number of carbonyl (C=O) groups excluding carboxylic acids is 2. The summed E-state index contributed by atoms with van der Waals surface area (Å²) in [6.07, 6.45) is 4.46. The largest absolute Gasteiger partial charge is 0.494 e. The van der Waals surface area contributed by atoms with E-state index in [9.17, 15) is 9.59 Å². The second-order valence-electron chi connectivity index (χ2n) is 4.14. The number of methoxy groups -OCH3 is 1. The van der Waals surface area contributed by atoms with Crippen LogP contribution in [0, 0.1) is 0 Å². The molecule has 0 spiro atoms. The Hall–Kier alpha value is -1.82. The van der Waals surface area contributed by atoms with Crippen molar-refractivity contribution in [2.45, 2.75) is 12.8 Å². The molecule has 0 atom stereocenters. The average molecular weight is 356 g/mol. The summed E-state index contributed by atoms with van der Waals surface area (Å²) in [5.74, 6) is 0.724. The number of anilines is 1. The van der Waals surface area contributed by atoms with Gasteiger partial charge in [-0.25, -0.2) is 4.79 Å². The van der Waals surface area contributed by atoms with Crippen molar-refractivity contribution in [3.63, 3.8) is 0 Å². The number of ketones is 1. The molecule has 1 amide bonds. The SMILES string of the molecule is COC(=O)Nc1cccc(OCCC/C=C/C(=O)CBr)c1. The van der Waals surface area contributed by atoms with Crippen molar-refractivity contribution in [1.82, 2.24) is 0 Å². The van der Waals surface area contributed by atoms with Crippen molar-refractivity contribution in [1.29, 1.82) is 0 Å². The van der Waals surface area contributed by atoms with Crippen molar-refractivity contribution < 1.29 is 19.1 Å². The molecule has 6 heteroatoms. The van der Waals surface area contributed by atoms with Crippen molar-refractivity contribution in [2.75, 3.05) is 24.4 Å². The molecule has 0 aliphatic carbocycles. The zero-order valence-electron chi connectivity index (χ0n) is 11.8. The minimum Gasteiger partial charge on any atom is -0.494 e. The maximum atomic E-state index is 11.1. The molecule has 0 unspecified atom stereocenters. The summed E-state index contributed by atoms with van der Waals surface area (Å²) < 4.78 is 10.1. The molecule has 1 aromatic carbocycles. The molecule has 0 aromatic heterocycles. The van der Waals surface area contributed by atoms with Crippen LogP contribution in [0.3, 0.4) is 0 Å². The molecule has 0 aliphatic heterocycles. The molecule has 114 valence electrons. The molecule has 5 nitrogen and oxygen atoms in total. The van der Waals surface area contributed by atoms with Crippen LogP contribution in [0.2, 0.25) is 0 Å². The predicted molar refractivity (Wildman–Crippen MR) is 85.1 cm³/mol. The number of carbonyl (C=O) groups is 2. The van der Waals surface area contributed by atoms with E-state index in [-0.39, 0.29) is 5.78 Å². The van der Waals surface area contributed by atoms with Gasteiger partial charge < -0.3 is 9.47 Å². The third-order valence-electron chi connectivity index (χ3n) is 2.49. The van der Waals surface area contributed by atoms with E-state index in [0.29, 0.717) is 23.4 Å². The minimum atomic E-state index is -0.520. The van der Waals surface area contributed by atoms with Gasteiger partial charge in [-0.05, 0) is 31.1 Å². The van der Waals surface area contributed by atoms with E-state index in [0.717, 1.165) is 12.8 Å². The number of halogens is 1. The Balaban J connectivity index is 2.32. The van der Waals surface area contributed by atoms with Gasteiger partial charge in [0.15, 0.2) is 5.78 Å². The van der Waals surface area contributed by atoms with E-state index in [4.69, 9.17) is 4.74 Å². The highest BCUT2D eigenvalue weighted by atomic mass is 79.9. The maximum absolute atomic E-state index is 11.1. The van der Waals surface area contributed by atoms with Crippen LogP contribution < -0.4 is 10.1 Å². The number of amides is 1. The molecule has 0 saturated carbocycles. The van der Waals surface area contributed by atoms with Gasteiger partial charge in [0.25, 0.3) is 0 Å². The molecular formula is C15H18BrNO4. The molecule has 1 N–H and O–H groups in total. The third-order valence-corrected chi connectivity index (χ3v) is 3.04. The summed E-state index contributed by atoms with van der Waals surface area (Å²) in [6, 6.07) is 7.07. The quantitative estimate of drug-likeness (QED) is 0.440. The average Bonchev–Trinajstić information content (AvgIpc) is 2.50. The Morgan fingerprint density at radius 2 is 2.19 bits per heavy atom. The van der Waals surface area contributed by atoms with E-state index in [1.165, 1.54) is 7.11 Å². The van der Waals surface area contributed by atoms with Gasteiger partial charge in [-0.3, -0.25) is 10.1 Å². The lowest BCUT2D eigenvalue weighted by Crippen LogP contribution is -2.10. The summed E-state index contributed by atoms with van der Waals surface area (Å²) >= 11 is 3.09. The van der Waals surface area contributed by atoms with E-state index in [2.05, 4.69) is 26.0 Å². The smallest absolute Gasteiger partial charge is 0.411 e. The second-order valence-corrected chi connectivity index (χ2v) is 4.70. The van der Waals surface area contributed by atoms with Crippen LogP contribution in [0.15, 0.2) is 36.4 Å². The number of ether oxygens (including phenoxy) is 2. The van der Waals surface area contributed by atoms with E-state index in [1.54, 1.807) is 24.3 Å². The molecular weight excluding hydrogens is 338 g/mol. The predicted octanol–water partition coefficient (Wildman–Crippen LogP) is 3.54. The number of hydrogen-bond donors (Lipinski definition) is 1. The zero-order valence-corrected chi connectivity index (χ0v) is 13.4. The highest BCUT2D eigenvalue weighted by molar-refractivity contribution is 9.09. The van der Waals surface area contributed by atoms with Crippen molar-refractivity contribution >= 4 is 33.5 Å². The number of unbranched alkanes of at least 4 members (excludes halogenated alkanes) is 1. The van der Waals surface area contributed by atoms with Crippen LogP contribution in [0.1, 0.15) is 12.8 Å². The zero-order chi connectivity index (χ0) is 15.5. The van der Waals surface area contributed by atoms with Gasteiger partial charge in [0.2, 0.25) is 0 Å². The molecule has 21 heavy (non-hydrogen) atoms. The summed E-state index contributed by atoms with van der Waals surface area (Å²) in [6.45, 7) is 0.536. The first kappa shape index (κ1) is 17.2. The van der Waals surface area contributed by atoms with Gasteiger partial charge >= 0.3 is 6.09 Å². The van der Waals surface area contributed by atoms with Crippen LogP contribution in [-0.2, 0) is 9.53 Å². The number of rotatable bonds is 8. The lowest BCUT2D eigenvalue weighted by molar-refractivity contribution is -0.112. The lowest BCUT2D eigenvalue weighted by atomic mass is 10.2. The molecule has 0 aliphatic rings. The molecule has 0 radical (unpaired) electrons. The van der Waals surface area contributed by atoms with Gasteiger partial charge in [0.1, 0.15) is 5.75 Å². The Labute approximate surface area is 132 Å². The third kappa shape index (κ3) is 7.51. The fourth-order valence-electron chi connectivity index (χ4n) is 1.48. The Kier molecular flexibility index (Phi) is 8.19. The van der Waals surface area contributed by atoms with Gasteiger partial charge in [-0.2, -0.15) is 0 Å².